The van der Waals surface area contributed by atoms with Crippen molar-refractivity contribution in [2.75, 3.05) is 13.2 Å². The molecule has 0 spiro atoms. The molecule has 1 aliphatic carbocycles. The van der Waals surface area contributed by atoms with Gasteiger partial charge in [-0.3, -0.25) is 14.4 Å². The van der Waals surface area contributed by atoms with Crippen LogP contribution in [0.5, 0.6) is 5.75 Å². The van der Waals surface area contributed by atoms with E-state index in [0.29, 0.717) is 17.9 Å². The minimum atomic E-state index is -0.875. The van der Waals surface area contributed by atoms with Crippen LogP contribution in [0.15, 0.2) is 24.3 Å². The third-order valence-corrected chi connectivity index (χ3v) is 3.42. The second-order valence-corrected chi connectivity index (χ2v) is 5.56. The zero-order chi connectivity index (χ0) is 17.5. The van der Waals surface area contributed by atoms with Gasteiger partial charge in [0.25, 0.3) is 11.8 Å². The number of benzene rings is 1. The summed E-state index contributed by atoms with van der Waals surface area (Å²) in [5.41, 5.74) is 0.408. The van der Waals surface area contributed by atoms with Crippen LogP contribution in [0.1, 0.15) is 37.0 Å². The van der Waals surface area contributed by atoms with Gasteiger partial charge in [-0.15, -0.1) is 0 Å². The van der Waals surface area contributed by atoms with Crippen LogP contribution in [0.4, 0.5) is 0 Å². The van der Waals surface area contributed by atoms with Crippen LogP contribution in [0.25, 0.3) is 0 Å². The number of nitrogens with one attached hydrogen (secondary N) is 2. The van der Waals surface area contributed by atoms with E-state index >= 15 is 0 Å². The Morgan fingerprint density at radius 3 is 2.46 bits per heavy atom. The number of esters is 1. The monoisotopic (exact) mass is 334 g/mol. The first-order chi connectivity index (χ1) is 11.5. The smallest absolute Gasteiger partial charge is 0.326 e. The van der Waals surface area contributed by atoms with Gasteiger partial charge in [0, 0.05) is 11.6 Å². The molecule has 0 bridgehead atoms. The van der Waals surface area contributed by atoms with Crippen molar-refractivity contribution < 1.29 is 23.9 Å². The summed E-state index contributed by atoms with van der Waals surface area (Å²) in [5.74, 6) is -0.703. The highest BCUT2D eigenvalue weighted by molar-refractivity contribution is 5.96. The molecule has 1 aromatic rings. The van der Waals surface area contributed by atoms with Crippen LogP contribution in [0.2, 0.25) is 0 Å². The van der Waals surface area contributed by atoms with Crippen LogP contribution >= 0.6 is 0 Å². The van der Waals surface area contributed by atoms with Crippen LogP contribution in [-0.4, -0.2) is 43.1 Å². The third kappa shape index (κ3) is 5.57. The minimum absolute atomic E-state index is 0.206. The summed E-state index contributed by atoms with van der Waals surface area (Å²) in [4.78, 5) is 35.3. The van der Waals surface area contributed by atoms with Crippen molar-refractivity contribution in [1.82, 2.24) is 10.6 Å². The Hall–Kier alpha value is -2.57. The number of rotatable bonds is 8. The van der Waals surface area contributed by atoms with Gasteiger partial charge in [-0.05, 0) is 51.0 Å². The lowest BCUT2D eigenvalue weighted by atomic mass is 10.2. The molecule has 24 heavy (non-hydrogen) atoms. The average Bonchev–Trinajstić information content (AvgIpc) is 3.37. The van der Waals surface area contributed by atoms with E-state index in [1.807, 2.05) is 6.92 Å². The highest BCUT2D eigenvalue weighted by Gasteiger charge is 2.27. The molecule has 1 fully saturated rings. The lowest BCUT2D eigenvalue weighted by molar-refractivity contribution is -0.153. The van der Waals surface area contributed by atoms with E-state index < -0.39 is 18.0 Å². The maximum Gasteiger partial charge on any atom is 0.326 e. The van der Waals surface area contributed by atoms with Crippen molar-refractivity contribution in [2.24, 2.45) is 0 Å². The molecule has 0 aliphatic heterocycles. The predicted molar refractivity (Wildman–Crippen MR) is 86.7 cm³/mol. The molecule has 2 N–H and O–H groups in total. The van der Waals surface area contributed by atoms with Crippen molar-refractivity contribution in [3.8, 4) is 5.75 Å². The maximum absolute atomic E-state index is 12.0. The van der Waals surface area contributed by atoms with Gasteiger partial charge in [-0.25, -0.2) is 0 Å². The molecule has 1 atom stereocenters. The highest BCUT2D eigenvalue weighted by atomic mass is 16.5. The number of amides is 2. The summed E-state index contributed by atoms with van der Waals surface area (Å²) in [5, 5.41) is 5.21. The van der Waals surface area contributed by atoms with Crippen molar-refractivity contribution in [1.29, 1.82) is 0 Å². The number of hydrogen-bond acceptors (Lipinski definition) is 5. The molecule has 130 valence electrons. The average molecular weight is 334 g/mol. The van der Waals surface area contributed by atoms with Crippen molar-refractivity contribution in [3.05, 3.63) is 29.8 Å². The van der Waals surface area contributed by atoms with Crippen molar-refractivity contribution in [3.63, 3.8) is 0 Å². The number of hydrogen-bond donors (Lipinski definition) is 2. The Kier molecular flexibility index (Phi) is 6.17. The fraction of sp³-hybridized carbons (Fsp3) is 0.471. The molecule has 0 aromatic heterocycles. The van der Waals surface area contributed by atoms with Gasteiger partial charge in [-0.2, -0.15) is 0 Å². The minimum Gasteiger partial charge on any atom is -0.494 e. The Balaban J connectivity index is 1.73. The van der Waals surface area contributed by atoms with Gasteiger partial charge in [-0.1, -0.05) is 0 Å². The van der Waals surface area contributed by atoms with Crippen LogP contribution < -0.4 is 15.4 Å². The molecule has 1 aliphatic rings. The maximum atomic E-state index is 12.0. The third-order valence-electron chi connectivity index (χ3n) is 3.42. The summed E-state index contributed by atoms with van der Waals surface area (Å²) in [7, 11) is 0. The Labute approximate surface area is 140 Å². The summed E-state index contributed by atoms with van der Waals surface area (Å²) in [6.07, 6.45) is 1.05. The first kappa shape index (κ1) is 17.8. The molecule has 1 aromatic carbocycles. The van der Waals surface area contributed by atoms with Crippen LogP contribution in [-0.2, 0) is 14.3 Å². The second kappa shape index (κ2) is 8.33. The molecule has 0 saturated heterocycles. The topological polar surface area (TPSA) is 93.7 Å². The summed E-state index contributed by atoms with van der Waals surface area (Å²) >= 11 is 0. The molecule has 1 saturated carbocycles. The van der Waals surface area contributed by atoms with Gasteiger partial charge in [0.2, 0.25) is 0 Å². The Morgan fingerprint density at radius 2 is 1.88 bits per heavy atom. The van der Waals surface area contributed by atoms with E-state index in [1.54, 1.807) is 24.3 Å². The highest BCUT2D eigenvalue weighted by Crippen LogP contribution is 2.18. The fourth-order valence-corrected chi connectivity index (χ4v) is 1.96. The quantitative estimate of drug-likeness (QED) is 0.693. The SMILES string of the molecule is CCOc1ccc(C(=O)NCC(=O)O[C@@H](C)C(=O)NC2CC2)cc1. The standard InChI is InChI=1S/C17H22N2O5/c1-3-23-14-8-4-12(5-9-14)17(22)18-10-15(20)24-11(2)16(21)19-13-6-7-13/h4-5,8-9,11,13H,3,6-7,10H2,1-2H3,(H,18,22)(H,19,21)/t11-/m0/s1. The lowest BCUT2D eigenvalue weighted by Gasteiger charge is -2.13. The second-order valence-electron chi connectivity index (χ2n) is 5.56. The number of ether oxygens (including phenoxy) is 2. The first-order valence-corrected chi connectivity index (χ1v) is 8.00. The fourth-order valence-electron chi connectivity index (χ4n) is 1.96. The van der Waals surface area contributed by atoms with Gasteiger partial charge < -0.3 is 20.1 Å². The summed E-state index contributed by atoms with van der Waals surface area (Å²) in [6, 6.07) is 6.79. The molecule has 7 nitrogen and oxygen atoms in total. The largest absolute Gasteiger partial charge is 0.494 e. The van der Waals surface area contributed by atoms with Gasteiger partial charge in [0.05, 0.1) is 6.61 Å². The van der Waals surface area contributed by atoms with E-state index in [0.717, 1.165) is 12.8 Å². The molecule has 0 heterocycles. The van der Waals surface area contributed by atoms with Gasteiger partial charge in [0.15, 0.2) is 6.10 Å². The van der Waals surface area contributed by atoms with Gasteiger partial charge >= 0.3 is 5.97 Å². The lowest BCUT2D eigenvalue weighted by Crippen LogP contribution is -2.39. The van der Waals surface area contributed by atoms with E-state index in [-0.39, 0.29) is 18.5 Å². The number of carbonyl (C=O) groups excluding carboxylic acids is 3. The molecule has 2 amide bonds. The molecular weight excluding hydrogens is 312 g/mol. The van der Waals surface area contributed by atoms with Gasteiger partial charge in [0.1, 0.15) is 12.3 Å². The summed E-state index contributed by atoms with van der Waals surface area (Å²) in [6.45, 7) is 3.62. The Bertz CT molecular complexity index is 596. The van der Waals surface area contributed by atoms with E-state index in [9.17, 15) is 14.4 Å². The van der Waals surface area contributed by atoms with E-state index in [1.165, 1.54) is 6.92 Å². The summed E-state index contributed by atoms with van der Waals surface area (Å²) < 4.78 is 10.3. The van der Waals surface area contributed by atoms with E-state index in [2.05, 4.69) is 10.6 Å². The molecule has 0 radical (unpaired) electrons. The predicted octanol–water partition coefficient (Wildman–Crippen LogP) is 1.03. The molecular formula is C17H22N2O5. The first-order valence-electron chi connectivity index (χ1n) is 8.00. The van der Waals surface area contributed by atoms with Crippen molar-refractivity contribution in [2.45, 2.75) is 38.8 Å². The Morgan fingerprint density at radius 1 is 1.21 bits per heavy atom. The van der Waals surface area contributed by atoms with E-state index in [4.69, 9.17) is 9.47 Å². The zero-order valence-electron chi connectivity index (χ0n) is 13.8. The van der Waals surface area contributed by atoms with Crippen molar-refractivity contribution >= 4 is 17.8 Å². The number of carbonyl (C=O) groups is 3. The zero-order valence-corrected chi connectivity index (χ0v) is 13.8. The molecule has 2 rings (SSSR count). The van der Waals surface area contributed by atoms with Crippen LogP contribution in [0.3, 0.4) is 0 Å². The molecule has 7 heteroatoms. The van der Waals surface area contributed by atoms with Crippen LogP contribution in [0, 0.1) is 0 Å². The normalized spacial score (nSPS) is 14.4. The molecule has 0 unspecified atom stereocenters.